The minimum Gasteiger partial charge on any atom is -0.463 e. The second-order valence-corrected chi connectivity index (χ2v) is 17.6. The van der Waals surface area contributed by atoms with Gasteiger partial charge in [0.2, 0.25) is 0 Å². The topological polar surface area (TPSA) is 170 Å². The van der Waals surface area contributed by atoms with E-state index in [0.29, 0.717) is 31.0 Å². The average molecular weight is 874 g/mol. The molecule has 2 aromatic rings. The van der Waals surface area contributed by atoms with Gasteiger partial charge in [0.15, 0.2) is 17.7 Å². The third-order valence-electron chi connectivity index (χ3n) is 12.1. The lowest BCUT2D eigenvalue weighted by Gasteiger charge is -2.20. The molecule has 13 nitrogen and oxygen atoms in total. The summed E-state index contributed by atoms with van der Waals surface area (Å²) in [6, 6.07) is 0. The number of imidazole rings is 1. The molecular weight excluding hydrogens is 787 g/mol. The van der Waals surface area contributed by atoms with Gasteiger partial charge >= 0.3 is 11.9 Å². The monoisotopic (exact) mass is 874 g/mol. The molecule has 13 heteroatoms. The molecule has 0 bridgehead atoms. The Morgan fingerprint density at radius 1 is 0.694 bits per heavy atom. The summed E-state index contributed by atoms with van der Waals surface area (Å²) in [5.74, 6) is -0.851. The fourth-order valence-corrected chi connectivity index (χ4v) is 8.24. The third-order valence-corrected chi connectivity index (χ3v) is 12.1. The van der Waals surface area contributed by atoms with Crippen molar-refractivity contribution in [3.63, 3.8) is 0 Å². The summed E-state index contributed by atoms with van der Waals surface area (Å²) in [6.45, 7) is 5.99. The molecule has 2 aromatic heterocycles. The lowest BCUT2D eigenvalue weighted by atomic mass is 10.0. The van der Waals surface area contributed by atoms with E-state index < -0.39 is 30.4 Å². The normalized spacial score (nSPS) is 16.9. The van der Waals surface area contributed by atoms with Gasteiger partial charge in [-0.3, -0.25) is 14.2 Å². The molecule has 0 radical (unpaired) electrons. The number of aliphatic hydroxyl groups is 1. The molecule has 1 aliphatic rings. The van der Waals surface area contributed by atoms with Gasteiger partial charge in [-0.2, -0.15) is 0 Å². The Balaban J connectivity index is 1.32. The number of esters is 2. The van der Waals surface area contributed by atoms with Crippen LogP contribution in [0.4, 0.5) is 5.82 Å². The van der Waals surface area contributed by atoms with E-state index in [1.807, 2.05) is 0 Å². The number of hydrogen-bond acceptors (Lipinski definition) is 12. The van der Waals surface area contributed by atoms with Gasteiger partial charge in [-0.1, -0.05) is 181 Å². The van der Waals surface area contributed by atoms with Crippen LogP contribution in [0, 0.1) is 0 Å². The fraction of sp³-hybridized carbons (Fsp3) is 0.857. The van der Waals surface area contributed by atoms with Crippen molar-refractivity contribution in [3.8, 4) is 0 Å². The molecule has 0 aliphatic carbocycles. The smallest absolute Gasteiger partial charge is 0.306 e. The molecule has 1 fully saturated rings. The number of aromatic nitrogens is 4. The van der Waals surface area contributed by atoms with Crippen LogP contribution in [0.15, 0.2) is 12.7 Å². The number of hydrogen-bond donors (Lipinski definition) is 2. The van der Waals surface area contributed by atoms with Crippen LogP contribution in [0.3, 0.4) is 0 Å². The van der Waals surface area contributed by atoms with Crippen LogP contribution in [-0.4, -0.2) is 87.9 Å². The van der Waals surface area contributed by atoms with Crippen LogP contribution < -0.4 is 5.73 Å². The Morgan fingerprint density at radius 2 is 1.19 bits per heavy atom. The van der Waals surface area contributed by atoms with Crippen molar-refractivity contribution in [3.05, 3.63) is 12.7 Å². The van der Waals surface area contributed by atoms with Gasteiger partial charge in [-0.15, -0.1) is 0 Å². The van der Waals surface area contributed by atoms with Crippen LogP contribution in [0.5, 0.6) is 0 Å². The van der Waals surface area contributed by atoms with Crippen LogP contribution in [0.1, 0.15) is 219 Å². The van der Waals surface area contributed by atoms with E-state index in [-0.39, 0.29) is 44.4 Å². The molecular formula is C49H87N5O8. The Labute approximate surface area is 374 Å². The zero-order valence-electron chi connectivity index (χ0n) is 39.1. The number of anilines is 1. The third kappa shape index (κ3) is 23.7. The number of nitrogens with two attached hydrogens (primary N) is 1. The van der Waals surface area contributed by atoms with Crippen LogP contribution in [-0.2, 0) is 33.3 Å². The number of rotatable bonds is 41. The number of aliphatic hydroxyl groups excluding tert-OH is 1. The summed E-state index contributed by atoms with van der Waals surface area (Å²) < 4.78 is 31.2. The zero-order valence-corrected chi connectivity index (χ0v) is 39.1. The highest BCUT2D eigenvalue weighted by molar-refractivity contribution is 5.81. The van der Waals surface area contributed by atoms with Crippen molar-refractivity contribution in [2.45, 2.75) is 237 Å². The van der Waals surface area contributed by atoms with E-state index in [4.69, 9.17) is 29.4 Å². The van der Waals surface area contributed by atoms with Crippen molar-refractivity contribution in [1.29, 1.82) is 0 Å². The molecule has 0 aromatic carbocycles. The maximum Gasteiger partial charge on any atom is 0.306 e. The van der Waals surface area contributed by atoms with Crippen molar-refractivity contribution in [2.75, 3.05) is 38.8 Å². The summed E-state index contributed by atoms with van der Waals surface area (Å²) in [6.07, 6.45) is 37.0. The second-order valence-electron chi connectivity index (χ2n) is 17.6. The van der Waals surface area contributed by atoms with Crippen molar-refractivity contribution in [2.24, 2.45) is 0 Å². The molecule has 4 atom stereocenters. The van der Waals surface area contributed by atoms with Crippen molar-refractivity contribution in [1.82, 2.24) is 19.5 Å². The predicted molar refractivity (Wildman–Crippen MR) is 247 cm³/mol. The fourth-order valence-electron chi connectivity index (χ4n) is 8.24. The molecule has 1 saturated heterocycles. The highest BCUT2D eigenvalue weighted by Crippen LogP contribution is 2.34. The van der Waals surface area contributed by atoms with Gasteiger partial charge in [0.1, 0.15) is 30.7 Å². The van der Waals surface area contributed by atoms with Gasteiger partial charge in [0, 0.05) is 19.6 Å². The molecule has 0 amide bonds. The molecule has 0 spiro atoms. The molecule has 62 heavy (non-hydrogen) atoms. The number of nitrogen functional groups attached to an aromatic ring is 1. The Kier molecular flexibility index (Phi) is 30.6. The number of carbonyl (C=O) groups excluding carboxylic acids is 2. The van der Waals surface area contributed by atoms with Crippen molar-refractivity contribution >= 4 is 28.9 Å². The Morgan fingerprint density at radius 3 is 1.73 bits per heavy atom. The summed E-state index contributed by atoms with van der Waals surface area (Å²) in [5, 5.41) is 9.79. The number of nitrogens with zero attached hydrogens (tertiary/aromatic N) is 4. The standard InChI is InChI=1S/C49H87N5O8/c1-3-5-7-9-11-13-15-17-19-21-23-25-27-29-33-58-37-42(59-34-30-28-26-24-22-20-18-16-14-12-10-8-6-4-2)38-60-44(56)31-32-45(57)62-43-35-41(36-55)61-49(43)54-40-53-46-47(50)51-39-52-48(46)54/h39-43,49,55H,3-38H2,1-2H3,(H2,50,51,52)/t41-,42?,43+,49+/m0/s1. The quantitative estimate of drug-likeness (QED) is 0.0479. The molecule has 1 unspecified atom stereocenters. The summed E-state index contributed by atoms with van der Waals surface area (Å²) in [5.41, 5.74) is 6.78. The maximum atomic E-state index is 13.0. The first-order valence-electron chi connectivity index (χ1n) is 25.2. The summed E-state index contributed by atoms with van der Waals surface area (Å²) >= 11 is 0. The largest absolute Gasteiger partial charge is 0.463 e. The van der Waals surface area contributed by atoms with E-state index in [1.165, 1.54) is 167 Å². The van der Waals surface area contributed by atoms with Crippen LogP contribution in [0.2, 0.25) is 0 Å². The predicted octanol–water partition coefficient (Wildman–Crippen LogP) is 11.3. The molecule has 3 rings (SSSR count). The van der Waals surface area contributed by atoms with Crippen LogP contribution in [0.25, 0.3) is 11.2 Å². The average Bonchev–Trinajstić information content (AvgIpc) is 3.90. The van der Waals surface area contributed by atoms with Gasteiger partial charge in [0.25, 0.3) is 0 Å². The lowest BCUT2D eigenvalue weighted by Crippen LogP contribution is -2.28. The van der Waals surface area contributed by atoms with Gasteiger partial charge in [0.05, 0.1) is 38.5 Å². The van der Waals surface area contributed by atoms with Gasteiger partial charge < -0.3 is 34.5 Å². The van der Waals surface area contributed by atoms with Crippen molar-refractivity contribution < 1.29 is 38.4 Å². The Bertz CT molecular complexity index is 1410. The first-order chi connectivity index (χ1) is 30.5. The van der Waals surface area contributed by atoms with Gasteiger partial charge in [-0.25, -0.2) is 15.0 Å². The molecule has 356 valence electrons. The molecule has 1 aliphatic heterocycles. The van der Waals surface area contributed by atoms with E-state index in [0.717, 1.165) is 25.7 Å². The Hall–Kier alpha value is -2.87. The number of unbranched alkanes of at least 4 members (excludes halogenated alkanes) is 26. The molecule has 3 N–H and O–H groups in total. The molecule has 3 heterocycles. The summed E-state index contributed by atoms with van der Waals surface area (Å²) in [4.78, 5) is 38.3. The molecule has 0 saturated carbocycles. The van der Waals surface area contributed by atoms with E-state index >= 15 is 0 Å². The highest BCUT2D eigenvalue weighted by Gasteiger charge is 2.40. The van der Waals surface area contributed by atoms with E-state index in [9.17, 15) is 14.7 Å². The van der Waals surface area contributed by atoms with E-state index in [2.05, 4.69) is 28.8 Å². The SMILES string of the molecule is CCCCCCCCCCCCCCCCOCC(COC(=O)CCC(=O)O[C@@H]1C[C@@H](CO)O[C@H]1n1cnc2c(N)ncnc21)OCCCCCCCCCCCCCCCC. The number of fused-ring (bicyclic) bond motifs is 1. The lowest BCUT2D eigenvalue weighted by molar-refractivity contribution is -0.159. The minimum absolute atomic E-state index is 0.0701. The summed E-state index contributed by atoms with van der Waals surface area (Å²) in [7, 11) is 0. The number of carbonyl (C=O) groups is 2. The first-order valence-corrected chi connectivity index (χ1v) is 25.2. The van der Waals surface area contributed by atoms with Gasteiger partial charge in [-0.05, 0) is 12.8 Å². The van der Waals surface area contributed by atoms with Crippen LogP contribution >= 0.6 is 0 Å². The maximum absolute atomic E-state index is 13.0. The van der Waals surface area contributed by atoms with E-state index in [1.54, 1.807) is 4.57 Å². The minimum atomic E-state index is -0.774. The zero-order chi connectivity index (χ0) is 44.3. The highest BCUT2D eigenvalue weighted by atomic mass is 16.6. The second kappa shape index (κ2) is 35.5. The number of ether oxygens (including phenoxy) is 5. The first kappa shape index (κ1) is 53.5.